The van der Waals surface area contributed by atoms with Crippen LogP contribution < -0.4 is 16.0 Å². The van der Waals surface area contributed by atoms with Crippen LogP contribution in [-0.4, -0.2) is 20.9 Å². The van der Waals surface area contributed by atoms with Gasteiger partial charge in [0.15, 0.2) is 0 Å². The van der Waals surface area contributed by atoms with E-state index in [0.29, 0.717) is 23.9 Å². The molecule has 4 aliphatic carbocycles. The molecule has 0 saturated heterocycles. The van der Waals surface area contributed by atoms with Crippen LogP contribution in [0.1, 0.15) is 50.8 Å². The predicted molar refractivity (Wildman–Crippen MR) is 138 cm³/mol. The highest BCUT2D eigenvalue weighted by molar-refractivity contribution is 5.91. The molecule has 35 heavy (non-hydrogen) atoms. The number of anilines is 5. The minimum absolute atomic E-state index is 0.157. The molecule has 7 nitrogen and oxygen atoms in total. The topological polar surface area (TPSA) is 91.8 Å². The van der Waals surface area contributed by atoms with E-state index in [1.807, 2.05) is 55.5 Å². The van der Waals surface area contributed by atoms with Crippen molar-refractivity contribution in [3.8, 4) is 0 Å². The highest BCUT2D eigenvalue weighted by Gasteiger charge is 2.51. The van der Waals surface area contributed by atoms with Gasteiger partial charge in [0, 0.05) is 30.1 Å². The third-order valence-electron chi connectivity index (χ3n) is 7.90. The summed E-state index contributed by atoms with van der Waals surface area (Å²) in [5, 5.41) is 9.68. The van der Waals surface area contributed by atoms with Gasteiger partial charge in [0.05, 0.1) is 0 Å². The molecule has 1 amide bonds. The minimum Gasteiger partial charge on any atom is -0.340 e. The molecule has 4 bridgehead atoms. The van der Waals surface area contributed by atoms with Gasteiger partial charge >= 0.3 is 0 Å². The Morgan fingerprint density at radius 2 is 1.49 bits per heavy atom. The SMILES string of the molecule is Cc1nc(Nc2ccc(NC(=O)CC34CC5CC(CC(C5)C3)C4)cc2)cc(Nc2ccccn2)n1. The van der Waals surface area contributed by atoms with Gasteiger partial charge in [-0.2, -0.15) is 0 Å². The van der Waals surface area contributed by atoms with Crippen molar-refractivity contribution in [1.29, 1.82) is 0 Å². The lowest BCUT2D eigenvalue weighted by molar-refractivity contribution is -0.124. The van der Waals surface area contributed by atoms with Crippen molar-refractivity contribution < 1.29 is 4.79 Å². The Morgan fingerprint density at radius 1 is 0.857 bits per heavy atom. The Kier molecular flexibility index (Phi) is 5.63. The lowest BCUT2D eigenvalue weighted by Gasteiger charge is -2.56. The number of benzene rings is 1. The Hall–Kier alpha value is -3.48. The first-order valence-electron chi connectivity index (χ1n) is 12.7. The van der Waals surface area contributed by atoms with E-state index in [9.17, 15) is 4.79 Å². The second kappa shape index (κ2) is 8.95. The van der Waals surface area contributed by atoms with Gasteiger partial charge in [0.25, 0.3) is 0 Å². The zero-order chi connectivity index (χ0) is 23.8. The standard InChI is InChI=1S/C28H32N6O/c1-18-30-25(13-26(31-18)34-24-4-2-3-9-29-24)32-22-5-7-23(8-6-22)33-27(35)17-28-14-19-10-20(15-28)12-21(11-19)16-28/h2-9,13,19-21H,10-12,14-17H2,1H3,(H,33,35)(H2,29,30,31,32,34). The summed E-state index contributed by atoms with van der Waals surface area (Å²) >= 11 is 0. The van der Waals surface area contributed by atoms with E-state index in [4.69, 9.17) is 0 Å². The number of hydrogen-bond acceptors (Lipinski definition) is 6. The quantitative estimate of drug-likeness (QED) is 0.382. The van der Waals surface area contributed by atoms with Gasteiger partial charge in [-0.1, -0.05) is 6.07 Å². The van der Waals surface area contributed by atoms with Crippen molar-refractivity contribution in [1.82, 2.24) is 15.0 Å². The van der Waals surface area contributed by atoms with Crippen LogP contribution in [0.25, 0.3) is 0 Å². The van der Waals surface area contributed by atoms with E-state index in [0.717, 1.165) is 34.9 Å². The predicted octanol–water partition coefficient (Wildman–Crippen LogP) is 6.21. The molecule has 0 spiro atoms. The molecule has 4 saturated carbocycles. The van der Waals surface area contributed by atoms with E-state index in [1.54, 1.807) is 6.20 Å². The molecule has 0 radical (unpaired) electrons. The summed E-state index contributed by atoms with van der Waals surface area (Å²) < 4.78 is 0. The first kappa shape index (κ1) is 22.0. The highest BCUT2D eigenvalue weighted by Crippen LogP contribution is 2.61. The number of aryl methyl sites for hydroxylation is 1. The normalized spacial score (nSPS) is 26.4. The van der Waals surface area contributed by atoms with E-state index < -0.39 is 0 Å². The van der Waals surface area contributed by atoms with Crippen molar-refractivity contribution >= 4 is 34.7 Å². The number of pyridine rings is 1. The van der Waals surface area contributed by atoms with Gasteiger partial charge in [-0.15, -0.1) is 0 Å². The fraction of sp³-hybridized carbons (Fsp3) is 0.429. The average Bonchev–Trinajstić information content (AvgIpc) is 2.79. The Labute approximate surface area is 206 Å². The molecule has 7 heteroatoms. The molecule has 180 valence electrons. The maximum Gasteiger partial charge on any atom is 0.224 e. The van der Waals surface area contributed by atoms with Gasteiger partial charge in [0.1, 0.15) is 23.3 Å². The summed E-state index contributed by atoms with van der Waals surface area (Å²) in [5.74, 6) is 5.50. The lowest BCUT2D eigenvalue weighted by atomic mass is 9.49. The van der Waals surface area contributed by atoms with Crippen molar-refractivity contribution in [3.05, 3.63) is 60.6 Å². The number of nitrogens with zero attached hydrogens (tertiary/aromatic N) is 3. The van der Waals surface area contributed by atoms with E-state index in [-0.39, 0.29) is 11.3 Å². The lowest BCUT2D eigenvalue weighted by Crippen LogP contribution is -2.47. The highest BCUT2D eigenvalue weighted by atomic mass is 16.1. The van der Waals surface area contributed by atoms with E-state index >= 15 is 0 Å². The van der Waals surface area contributed by atoms with Crippen LogP contribution in [0.3, 0.4) is 0 Å². The van der Waals surface area contributed by atoms with Gasteiger partial charge in [-0.05, 0) is 105 Å². The van der Waals surface area contributed by atoms with Crippen LogP contribution in [-0.2, 0) is 4.79 Å². The molecule has 7 rings (SSSR count). The number of rotatable bonds is 7. The molecule has 4 fully saturated rings. The maximum absolute atomic E-state index is 12.9. The second-order valence-corrected chi connectivity index (χ2v) is 10.9. The fourth-order valence-electron chi connectivity index (χ4n) is 7.10. The zero-order valence-corrected chi connectivity index (χ0v) is 20.1. The molecule has 3 aromatic rings. The summed E-state index contributed by atoms with van der Waals surface area (Å²) in [6.45, 7) is 1.86. The summed E-state index contributed by atoms with van der Waals surface area (Å²) in [6.07, 6.45) is 10.4. The zero-order valence-electron chi connectivity index (χ0n) is 20.1. The number of aromatic nitrogens is 3. The van der Waals surface area contributed by atoms with Crippen LogP contribution in [0.4, 0.5) is 28.8 Å². The van der Waals surface area contributed by atoms with E-state index in [2.05, 4.69) is 30.9 Å². The van der Waals surface area contributed by atoms with Crippen LogP contribution in [0.5, 0.6) is 0 Å². The summed E-state index contributed by atoms with van der Waals surface area (Å²) in [5.41, 5.74) is 1.99. The smallest absolute Gasteiger partial charge is 0.224 e. The minimum atomic E-state index is 0.157. The maximum atomic E-state index is 12.9. The van der Waals surface area contributed by atoms with Crippen molar-refractivity contribution in [3.63, 3.8) is 0 Å². The van der Waals surface area contributed by atoms with Crippen LogP contribution in [0, 0.1) is 30.1 Å². The van der Waals surface area contributed by atoms with Crippen LogP contribution >= 0.6 is 0 Å². The number of nitrogens with one attached hydrogen (secondary N) is 3. The second-order valence-electron chi connectivity index (χ2n) is 10.9. The molecule has 0 unspecified atom stereocenters. The molecule has 0 aliphatic heterocycles. The molecule has 2 heterocycles. The Bertz CT molecular complexity index is 1170. The number of carbonyl (C=O) groups is 1. The monoisotopic (exact) mass is 468 g/mol. The van der Waals surface area contributed by atoms with Crippen molar-refractivity contribution in [2.45, 2.75) is 51.9 Å². The molecular weight excluding hydrogens is 436 g/mol. The summed E-state index contributed by atoms with van der Waals surface area (Å²) in [4.78, 5) is 26.2. The van der Waals surface area contributed by atoms with Crippen molar-refractivity contribution in [2.24, 2.45) is 23.2 Å². The van der Waals surface area contributed by atoms with Crippen LogP contribution in [0.15, 0.2) is 54.7 Å². The number of amides is 1. The van der Waals surface area contributed by atoms with E-state index in [1.165, 1.54) is 38.5 Å². The first-order valence-corrected chi connectivity index (χ1v) is 12.7. The Balaban J connectivity index is 1.07. The fourth-order valence-corrected chi connectivity index (χ4v) is 7.10. The molecular formula is C28H32N6O. The van der Waals surface area contributed by atoms with Gasteiger partial charge in [-0.3, -0.25) is 4.79 Å². The van der Waals surface area contributed by atoms with Gasteiger partial charge < -0.3 is 16.0 Å². The Morgan fingerprint density at radius 3 is 2.11 bits per heavy atom. The molecule has 0 atom stereocenters. The molecule has 1 aromatic carbocycles. The third kappa shape index (κ3) is 4.99. The largest absolute Gasteiger partial charge is 0.340 e. The molecule has 2 aromatic heterocycles. The third-order valence-corrected chi connectivity index (χ3v) is 7.90. The molecule has 4 aliphatic rings. The van der Waals surface area contributed by atoms with Crippen LogP contribution in [0.2, 0.25) is 0 Å². The average molecular weight is 469 g/mol. The molecule has 3 N–H and O–H groups in total. The van der Waals surface area contributed by atoms with Gasteiger partial charge in [-0.25, -0.2) is 15.0 Å². The van der Waals surface area contributed by atoms with Gasteiger partial charge in [0.2, 0.25) is 5.91 Å². The summed E-state index contributed by atoms with van der Waals surface area (Å²) in [6, 6.07) is 15.4. The first-order chi connectivity index (χ1) is 17.0. The number of carbonyl (C=O) groups excluding carboxylic acids is 1. The number of hydrogen-bond donors (Lipinski definition) is 3. The summed E-state index contributed by atoms with van der Waals surface area (Å²) in [7, 11) is 0. The van der Waals surface area contributed by atoms with Crippen molar-refractivity contribution in [2.75, 3.05) is 16.0 Å².